The van der Waals surface area contributed by atoms with Crippen molar-refractivity contribution in [3.05, 3.63) is 21.9 Å². The summed E-state index contributed by atoms with van der Waals surface area (Å²) in [6, 6.07) is 2.43. The van der Waals surface area contributed by atoms with Crippen molar-refractivity contribution < 1.29 is 18.4 Å². The molecule has 43 heavy (non-hydrogen) atoms. The normalized spacial score (nSPS) is 29.2. The van der Waals surface area contributed by atoms with E-state index >= 15 is 0 Å². The van der Waals surface area contributed by atoms with Crippen LogP contribution in [0.4, 0.5) is 15.3 Å². The van der Waals surface area contributed by atoms with Crippen molar-refractivity contribution in [2.75, 3.05) is 56.6 Å². The minimum absolute atomic E-state index is 0.149. The van der Waals surface area contributed by atoms with Gasteiger partial charge in [0.2, 0.25) is 23.5 Å². The number of halogens is 1. The van der Waals surface area contributed by atoms with Crippen molar-refractivity contribution in [2.45, 2.75) is 69.5 Å². The molecule has 0 unspecified atom stereocenters. The van der Waals surface area contributed by atoms with Gasteiger partial charge in [-0.3, -0.25) is 4.90 Å². The highest BCUT2D eigenvalue weighted by molar-refractivity contribution is 7.16. The first-order chi connectivity index (χ1) is 20.8. The van der Waals surface area contributed by atoms with Gasteiger partial charge in [0.15, 0.2) is 0 Å². The molecule has 2 N–H and O–H groups in total. The van der Waals surface area contributed by atoms with Crippen molar-refractivity contribution in [3.8, 4) is 23.7 Å². The molecule has 7 rings (SSSR count). The van der Waals surface area contributed by atoms with Crippen LogP contribution in [-0.4, -0.2) is 87.7 Å². The molecule has 0 aromatic carbocycles. The third kappa shape index (κ3) is 5.01. The number of aryl methyl sites for hydroxylation is 1. The third-order valence-corrected chi connectivity index (χ3v) is 10.5. The molecule has 0 bridgehead atoms. The lowest BCUT2D eigenvalue weighted by Crippen LogP contribution is -2.43. The van der Waals surface area contributed by atoms with Crippen LogP contribution in [-0.2, 0) is 16.6 Å². The van der Waals surface area contributed by atoms with Crippen LogP contribution in [0.1, 0.15) is 67.8 Å². The second-order valence-corrected chi connectivity index (χ2v) is 13.7. The minimum Gasteiger partial charge on any atom is -0.461 e. The fraction of sp³-hybridized carbons (Fsp3) is 0.655. The monoisotopic (exact) mass is 609 g/mol. The summed E-state index contributed by atoms with van der Waals surface area (Å²) in [4.78, 5) is 24.2. The van der Waals surface area contributed by atoms with Crippen molar-refractivity contribution in [1.29, 1.82) is 5.26 Å². The Balaban J connectivity index is 1.24. The quantitative estimate of drug-likeness (QED) is 0.435. The molecule has 3 aromatic rings. The van der Waals surface area contributed by atoms with E-state index in [-0.39, 0.29) is 29.1 Å². The number of nitrogens with zero attached hydrogens (tertiary/aromatic N) is 8. The zero-order valence-corrected chi connectivity index (χ0v) is 25.3. The summed E-state index contributed by atoms with van der Waals surface area (Å²) in [7, 11) is 0. The number of fused-ring (bicyclic) bond motifs is 2. The molecule has 228 valence electrons. The van der Waals surface area contributed by atoms with Gasteiger partial charge in [-0.2, -0.15) is 25.2 Å². The number of anilines is 2. The Bertz CT molecular complexity index is 1560. The number of ether oxygens (including phenoxy) is 2. The molecule has 3 fully saturated rings. The first-order valence-electron chi connectivity index (χ1n) is 15.0. The van der Waals surface area contributed by atoms with Crippen molar-refractivity contribution in [1.82, 2.24) is 30.0 Å². The summed E-state index contributed by atoms with van der Waals surface area (Å²) >= 11 is 1.46. The van der Waals surface area contributed by atoms with Crippen LogP contribution in [0.2, 0.25) is 0 Å². The summed E-state index contributed by atoms with van der Waals surface area (Å²) in [6.45, 7) is 8.29. The third-order valence-electron chi connectivity index (χ3n) is 9.41. The molecule has 1 aliphatic carbocycles. The SMILES string of the molecule is C[C@@H]1COCCN(c2nc(OC[C@@]34CCCN3C[C@H](F)C4)nc(-c3noc([C@@]4(C)CCCc5sc(N)c(C#N)c54)n3)n2)C1. The number of aromatic nitrogens is 5. The highest BCUT2D eigenvalue weighted by atomic mass is 32.1. The number of rotatable bonds is 6. The van der Waals surface area contributed by atoms with Crippen LogP contribution in [0.5, 0.6) is 6.01 Å². The summed E-state index contributed by atoms with van der Waals surface area (Å²) in [6.07, 6.45) is 4.00. The summed E-state index contributed by atoms with van der Waals surface area (Å²) < 4.78 is 32.3. The van der Waals surface area contributed by atoms with Gasteiger partial charge in [0, 0.05) is 36.5 Å². The van der Waals surface area contributed by atoms with E-state index in [1.165, 1.54) is 11.3 Å². The van der Waals surface area contributed by atoms with Crippen LogP contribution in [0, 0.1) is 17.2 Å². The molecular weight excluding hydrogens is 573 g/mol. The van der Waals surface area contributed by atoms with Crippen molar-refractivity contribution in [2.24, 2.45) is 5.92 Å². The van der Waals surface area contributed by atoms with Gasteiger partial charge < -0.3 is 24.6 Å². The zero-order chi connectivity index (χ0) is 29.8. The second-order valence-electron chi connectivity index (χ2n) is 12.6. The van der Waals surface area contributed by atoms with Crippen LogP contribution in [0.15, 0.2) is 4.52 Å². The number of nitrogen functional groups attached to an aromatic ring is 1. The molecule has 14 heteroatoms. The number of hydrogen-bond acceptors (Lipinski definition) is 13. The summed E-state index contributed by atoms with van der Waals surface area (Å²) in [5.41, 5.74) is 6.57. The number of nitrogens with two attached hydrogens (primary N) is 1. The second kappa shape index (κ2) is 10.9. The van der Waals surface area contributed by atoms with Crippen LogP contribution >= 0.6 is 11.3 Å². The largest absolute Gasteiger partial charge is 0.461 e. The molecule has 3 aliphatic heterocycles. The van der Waals surface area contributed by atoms with E-state index in [9.17, 15) is 9.65 Å². The molecular formula is C29H36FN9O3S. The Morgan fingerprint density at radius 3 is 2.91 bits per heavy atom. The van der Waals surface area contributed by atoms with Crippen molar-refractivity contribution in [3.63, 3.8) is 0 Å². The average Bonchev–Trinajstić information content (AvgIpc) is 3.73. The Kier molecular flexibility index (Phi) is 7.22. The molecule has 0 amide bonds. The summed E-state index contributed by atoms with van der Waals surface area (Å²) in [5.74, 6) is 1.56. The molecule has 4 aliphatic rings. The average molecular weight is 610 g/mol. The molecule has 3 saturated heterocycles. The first kappa shape index (κ1) is 28.4. The Morgan fingerprint density at radius 1 is 1.16 bits per heavy atom. The maximum absolute atomic E-state index is 14.4. The Hall–Kier alpha value is -3.41. The van der Waals surface area contributed by atoms with E-state index in [1.807, 2.05) is 6.92 Å². The lowest BCUT2D eigenvalue weighted by Gasteiger charge is -2.31. The molecule has 6 heterocycles. The number of alkyl halides is 1. The fourth-order valence-corrected chi connectivity index (χ4v) is 8.50. The molecule has 12 nitrogen and oxygen atoms in total. The van der Waals surface area contributed by atoms with Gasteiger partial charge >= 0.3 is 6.01 Å². The predicted octanol–water partition coefficient (Wildman–Crippen LogP) is 3.51. The van der Waals surface area contributed by atoms with E-state index < -0.39 is 11.6 Å². The number of thiophene rings is 1. The number of hydrogen-bond donors (Lipinski definition) is 1. The maximum atomic E-state index is 14.4. The van der Waals surface area contributed by atoms with Gasteiger partial charge in [-0.05, 0) is 51.5 Å². The van der Waals surface area contributed by atoms with E-state index in [0.29, 0.717) is 68.3 Å². The molecule has 0 spiro atoms. The standard InChI is InChI=1S/C29H36FN9O3S/c1-17-13-38(9-10-40-15-17)26-34-23(35-27(36-26)41-16-29-7-4-8-39(29)14-18(30)11-29)24-33-25(42-37-24)28(2)6-3-5-20-21(28)19(12-31)22(32)43-20/h17-18H,3-11,13-16,32H2,1-2H3/t17-,18+,28-,29-/m0/s1. The molecule has 0 radical (unpaired) electrons. The first-order valence-corrected chi connectivity index (χ1v) is 15.9. The van der Waals surface area contributed by atoms with Gasteiger partial charge in [-0.1, -0.05) is 12.1 Å². The number of nitriles is 1. The topological polar surface area (TPSA) is 152 Å². The Labute approximate surface area is 253 Å². The van der Waals surface area contributed by atoms with Crippen molar-refractivity contribution >= 4 is 22.3 Å². The van der Waals surface area contributed by atoms with E-state index in [2.05, 4.69) is 32.9 Å². The highest BCUT2D eigenvalue weighted by Gasteiger charge is 2.49. The molecule has 3 aromatic heterocycles. The van der Waals surface area contributed by atoms with E-state index in [0.717, 1.165) is 49.1 Å². The molecule has 0 saturated carbocycles. The van der Waals surface area contributed by atoms with Gasteiger partial charge in [-0.25, -0.2) is 4.39 Å². The van der Waals surface area contributed by atoms with E-state index in [4.69, 9.17) is 34.7 Å². The summed E-state index contributed by atoms with van der Waals surface area (Å²) in [5, 5.41) is 14.7. The van der Waals surface area contributed by atoms with Crippen LogP contribution < -0.4 is 15.4 Å². The van der Waals surface area contributed by atoms with Gasteiger partial charge in [0.05, 0.1) is 29.7 Å². The predicted molar refractivity (Wildman–Crippen MR) is 157 cm³/mol. The highest BCUT2D eigenvalue weighted by Crippen LogP contribution is 2.48. The Morgan fingerprint density at radius 2 is 2.05 bits per heavy atom. The lowest BCUT2D eigenvalue weighted by atomic mass is 9.72. The van der Waals surface area contributed by atoms with Gasteiger partial charge in [0.1, 0.15) is 23.8 Å². The maximum Gasteiger partial charge on any atom is 0.321 e. The molecule has 4 atom stereocenters. The lowest BCUT2D eigenvalue weighted by molar-refractivity contribution is 0.107. The van der Waals surface area contributed by atoms with Gasteiger partial charge in [0.25, 0.3) is 0 Å². The fourth-order valence-electron chi connectivity index (χ4n) is 7.31. The van der Waals surface area contributed by atoms with Crippen LogP contribution in [0.25, 0.3) is 11.6 Å². The zero-order valence-electron chi connectivity index (χ0n) is 24.5. The smallest absolute Gasteiger partial charge is 0.321 e. The van der Waals surface area contributed by atoms with Crippen LogP contribution in [0.3, 0.4) is 0 Å². The van der Waals surface area contributed by atoms with E-state index in [1.54, 1.807) is 0 Å². The van der Waals surface area contributed by atoms with Gasteiger partial charge in [-0.15, -0.1) is 11.3 Å². The minimum atomic E-state index is -0.855.